The van der Waals surface area contributed by atoms with Crippen molar-refractivity contribution >= 4 is 6.16 Å². The maximum absolute atomic E-state index is 12.0. The van der Waals surface area contributed by atoms with Crippen molar-refractivity contribution in [2.24, 2.45) is 11.8 Å². The Bertz CT molecular complexity index is 580. The number of rotatable bonds is 12. The predicted molar refractivity (Wildman–Crippen MR) is 124 cm³/mol. The van der Waals surface area contributed by atoms with Gasteiger partial charge in [0, 0.05) is 0 Å². The van der Waals surface area contributed by atoms with E-state index < -0.39 is 18.4 Å². The number of hydrogen-bond acceptors (Lipinski definition) is 5. The van der Waals surface area contributed by atoms with Crippen LogP contribution in [0.2, 0.25) is 0 Å². The van der Waals surface area contributed by atoms with E-state index in [-0.39, 0.29) is 23.4 Å². The molecule has 0 rings (SSSR count). The van der Waals surface area contributed by atoms with Gasteiger partial charge in [-0.05, 0) is 91.2 Å². The third-order valence-corrected chi connectivity index (χ3v) is 4.64. The van der Waals surface area contributed by atoms with Crippen LogP contribution in [0, 0.1) is 11.8 Å². The summed E-state index contributed by atoms with van der Waals surface area (Å²) in [5, 5.41) is 20.4. The molecule has 4 unspecified atom stereocenters. The molecular weight excluding hydrogens is 380 g/mol. The van der Waals surface area contributed by atoms with Gasteiger partial charge in [0.15, 0.2) is 12.2 Å². The Morgan fingerprint density at radius 2 is 1.07 bits per heavy atom. The Balaban J connectivity index is 4.57. The van der Waals surface area contributed by atoms with Gasteiger partial charge >= 0.3 is 6.16 Å². The normalized spacial score (nSPS) is 16.1. The number of aliphatic hydroxyl groups excluding tert-OH is 2. The van der Waals surface area contributed by atoms with E-state index in [1.165, 1.54) is 11.1 Å². The average molecular weight is 423 g/mol. The first-order valence-corrected chi connectivity index (χ1v) is 10.9. The number of hydrogen-bond donors (Lipinski definition) is 2. The van der Waals surface area contributed by atoms with Gasteiger partial charge in [-0.15, -0.1) is 0 Å². The van der Waals surface area contributed by atoms with Crippen LogP contribution in [0.1, 0.15) is 81.1 Å². The minimum atomic E-state index is -0.927. The molecule has 0 aliphatic heterocycles. The summed E-state index contributed by atoms with van der Waals surface area (Å²) in [6.45, 7) is 15.4. The van der Waals surface area contributed by atoms with Crippen LogP contribution in [0.5, 0.6) is 0 Å². The number of aliphatic hydroxyl groups is 2. The highest BCUT2D eigenvalue weighted by molar-refractivity contribution is 5.61. The van der Waals surface area contributed by atoms with Crippen molar-refractivity contribution in [3.63, 3.8) is 0 Å². The third kappa shape index (κ3) is 13.9. The summed E-state index contributed by atoms with van der Waals surface area (Å²) in [5.41, 5.74) is 2.53. The molecule has 5 nitrogen and oxygen atoms in total. The number of carbonyl (C=O) groups is 1. The summed E-state index contributed by atoms with van der Waals surface area (Å²) in [6.07, 6.45) is 8.81. The molecule has 0 aromatic carbocycles. The van der Waals surface area contributed by atoms with Crippen LogP contribution in [0.3, 0.4) is 0 Å². The minimum Gasteiger partial charge on any atom is -0.509 e. The molecule has 0 heterocycles. The largest absolute Gasteiger partial charge is 0.509 e. The highest BCUT2D eigenvalue weighted by atomic mass is 16.7. The smallest absolute Gasteiger partial charge is 0.509 e. The highest BCUT2D eigenvalue weighted by Crippen LogP contribution is 2.16. The fraction of sp³-hybridized carbons (Fsp3) is 0.640. The molecule has 0 aromatic rings. The molecule has 0 fully saturated rings. The lowest BCUT2D eigenvalue weighted by atomic mass is 10.0. The minimum absolute atomic E-state index is 0.00281. The molecule has 0 radical (unpaired) electrons. The van der Waals surface area contributed by atoms with Gasteiger partial charge in [0.05, 0.1) is 0 Å². The lowest BCUT2D eigenvalue weighted by molar-refractivity contribution is 0.00595. The maximum atomic E-state index is 12.0. The second-order valence-corrected chi connectivity index (χ2v) is 8.63. The van der Waals surface area contributed by atoms with Crippen molar-refractivity contribution in [3.8, 4) is 0 Å². The van der Waals surface area contributed by atoms with Crippen LogP contribution >= 0.6 is 0 Å². The summed E-state index contributed by atoms with van der Waals surface area (Å²) in [4.78, 5) is 12.0. The zero-order valence-corrected chi connectivity index (χ0v) is 20.1. The Labute approximate surface area is 183 Å². The molecule has 0 bridgehead atoms. The maximum Gasteiger partial charge on any atom is 0.509 e. The Morgan fingerprint density at radius 1 is 0.733 bits per heavy atom. The van der Waals surface area contributed by atoms with Crippen molar-refractivity contribution in [1.82, 2.24) is 0 Å². The molecule has 4 atom stereocenters. The first-order valence-electron chi connectivity index (χ1n) is 10.9. The van der Waals surface area contributed by atoms with E-state index in [9.17, 15) is 15.0 Å². The Hall–Kier alpha value is -2.17. The average Bonchev–Trinajstić information content (AvgIpc) is 2.60. The van der Waals surface area contributed by atoms with Gasteiger partial charge in [-0.25, -0.2) is 4.79 Å². The Kier molecular flexibility index (Phi) is 13.7. The molecule has 0 aliphatic rings. The zero-order chi connectivity index (χ0) is 23.3. The fourth-order valence-electron chi connectivity index (χ4n) is 2.73. The SMILES string of the molecule is CC(C)=CCCC(C)/C=C(\O)C(C)OC(=O)OC(C)/C(O)=C/C(C)CCC=C(C)C. The van der Waals surface area contributed by atoms with Gasteiger partial charge in [0.2, 0.25) is 0 Å². The molecule has 0 saturated heterocycles. The van der Waals surface area contributed by atoms with E-state index in [1.54, 1.807) is 26.0 Å². The van der Waals surface area contributed by atoms with Crippen molar-refractivity contribution in [2.75, 3.05) is 0 Å². The molecular formula is C25H42O5. The van der Waals surface area contributed by atoms with Crippen molar-refractivity contribution in [2.45, 2.75) is 93.3 Å². The summed E-state index contributed by atoms with van der Waals surface area (Å²) in [5.74, 6) is 0.303. The first kappa shape index (κ1) is 27.8. The molecule has 172 valence electrons. The Morgan fingerprint density at radius 3 is 1.37 bits per heavy atom. The summed E-state index contributed by atoms with van der Waals surface area (Å²) in [6, 6.07) is 0. The van der Waals surface area contributed by atoms with Gasteiger partial charge in [-0.1, -0.05) is 37.1 Å². The van der Waals surface area contributed by atoms with Crippen LogP contribution in [0.25, 0.3) is 0 Å². The second-order valence-electron chi connectivity index (χ2n) is 8.63. The topological polar surface area (TPSA) is 76.0 Å². The second kappa shape index (κ2) is 14.8. The van der Waals surface area contributed by atoms with Crippen LogP contribution in [-0.2, 0) is 9.47 Å². The first-order chi connectivity index (χ1) is 13.9. The van der Waals surface area contributed by atoms with E-state index in [0.29, 0.717) is 0 Å². The molecule has 30 heavy (non-hydrogen) atoms. The lowest BCUT2D eigenvalue weighted by Crippen LogP contribution is -2.23. The van der Waals surface area contributed by atoms with Gasteiger partial charge in [-0.2, -0.15) is 0 Å². The van der Waals surface area contributed by atoms with Crippen LogP contribution in [-0.4, -0.2) is 28.6 Å². The lowest BCUT2D eigenvalue weighted by Gasteiger charge is -2.17. The highest BCUT2D eigenvalue weighted by Gasteiger charge is 2.20. The van der Waals surface area contributed by atoms with Crippen LogP contribution in [0.4, 0.5) is 4.79 Å². The molecule has 2 N–H and O–H groups in total. The van der Waals surface area contributed by atoms with E-state index in [0.717, 1.165) is 25.7 Å². The van der Waals surface area contributed by atoms with E-state index >= 15 is 0 Å². The predicted octanol–water partition coefficient (Wildman–Crippen LogP) is 7.57. The monoisotopic (exact) mass is 422 g/mol. The van der Waals surface area contributed by atoms with Crippen molar-refractivity contribution in [1.29, 1.82) is 0 Å². The summed E-state index contributed by atoms with van der Waals surface area (Å²) < 4.78 is 10.3. The molecule has 5 heteroatoms. The zero-order valence-electron chi connectivity index (χ0n) is 20.1. The van der Waals surface area contributed by atoms with Gasteiger partial charge in [0.1, 0.15) is 11.5 Å². The number of carbonyl (C=O) groups excluding carboxylic acids is 1. The van der Waals surface area contributed by atoms with E-state index in [2.05, 4.69) is 39.8 Å². The molecule has 0 spiro atoms. The van der Waals surface area contributed by atoms with Crippen LogP contribution in [0.15, 0.2) is 47.0 Å². The van der Waals surface area contributed by atoms with E-state index in [1.807, 2.05) is 13.8 Å². The molecule has 0 aromatic heterocycles. The van der Waals surface area contributed by atoms with Crippen molar-refractivity contribution < 1.29 is 24.5 Å². The molecule has 0 saturated carbocycles. The van der Waals surface area contributed by atoms with E-state index in [4.69, 9.17) is 9.47 Å². The quantitative estimate of drug-likeness (QED) is 0.193. The third-order valence-electron chi connectivity index (χ3n) is 4.64. The number of ether oxygens (including phenoxy) is 2. The van der Waals surface area contributed by atoms with Gasteiger partial charge in [-0.3, -0.25) is 0 Å². The van der Waals surface area contributed by atoms with Crippen molar-refractivity contribution in [3.05, 3.63) is 47.0 Å². The van der Waals surface area contributed by atoms with Crippen LogP contribution < -0.4 is 0 Å². The molecule has 0 amide bonds. The molecule has 0 aliphatic carbocycles. The number of allylic oxidation sites excluding steroid dienone is 6. The van der Waals surface area contributed by atoms with Gasteiger partial charge in [0.25, 0.3) is 0 Å². The fourth-order valence-corrected chi connectivity index (χ4v) is 2.73. The van der Waals surface area contributed by atoms with Gasteiger partial charge < -0.3 is 19.7 Å². The summed E-state index contributed by atoms with van der Waals surface area (Å²) >= 11 is 0. The summed E-state index contributed by atoms with van der Waals surface area (Å²) in [7, 11) is 0. The standard InChI is InChI=1S/C25H42O5/c1-17(2)11-9-13-19(5)15-23(26)21(7)29-25(28)30-22(8)24(27)16-20(6)14-10-12-18(3)4/h11-12,15-16,19-22,26-27H,9-10,13-14H2,1-8H3/b23-15-,24-16-.